The maximum atomic E-state index is 11.9. The standard InChI is InChI=1S/C19H25N3O3/c1-24-10-9-22-16-11-13(18(23)25-2)3-4-15(16)21-17(22)14-12-19(14)5-7-20-8-6-19/h3-4,11,14,20H,5-10,12H2,1-2H3/t14-/m0/s1. The summed E-state index contributed by atoms with van der Waals surface area (Å²) in [5, 5.41) is 3.46. The Morgan fingerprint density at radius 3 is 2.88 bits per heavy atom. The van der Waals surface area contributed by atoms with Crippen molar-refractivity contribution in [3.05, 3.63) is 29.6 Å². The van der Waals surface area contributed by atoms with Gasteiger partial charge in [-0.1, -0.05) is 0 Å². The number of aromatic nitrogens is 2. The molecular formula is C19H25N3O3. The molecule has 1 saturated carbocycles. The molecule has 0 unspecified atom stereocenters. The zero-order valence-corrected chi connectivity index (χ0v) is 14.9. The Labute approximate surface area is 147 Å². The first-order valence-corrected chi connectivity index (χ1v) is 8.97. The average molecular weight is 343 g/mol. The molecule has 2 fully saturated rings. The van der Waals surface area contributed by atoms with E-state index in [0.29, 0.717) is 23.5 Å². The molecular weight excluding hydrogens is 318 g/mol. The largest absolute Gasteiger partial charge is 0.465 e. The van der Waals surface area contributed by atoms with Gasteiger partial charge in [-0.3, -0.25) is 0 Å². The third-order valence-corrected chi connectivity index (χ3v) is 5.82. The van der Waals surface area contributed by atoms with Crippen molar-refractivity contribution >= 4 is 17.0 Å². The molecule has 6 nitrogen and oxygen atoms in total. The van der Waals surface area contributed by atoms with E-state index in [0.717, 1.165) is 36.5 Å². The van der Waals surface area contributed by atoms with Crippen molar-refractivity contribution in [3.8, 4) is 0 Å². The Hall–Kier alpha value is -1.92. The van der Waals surface area contributed by atoms with E-state index in [4.69, 9.17) is 14.5 Å². The van der Waals surface area contributed by atoms with Crippen molar-refractivity contribution in [2.45, 2.75) is 31.7 Å². The average Bonchev–Trinajstić information content (AvgIpc) is 3.20. The summed E-state index contributed by atoms with van der Waals surface area (Å²) >= 11 is 0. The fourth-order valence-corrected chi connectivity index (χ4v) is 4.26. The van der Waals surface area contributed by atoms with Crippen LogP contribution in [0.3, 0.4) is 0 Å². The SMILES string of the molecule is COCCn1c([C@@H]2CC23CCNCC3)nc2ccc(C(=O)OC)cc21. The van der Waals surface area contributed by atoms with E-state index in [1.807, 2.05) is 12.1 Å². The lowest BCUT2D eigenvalue weighted by atomic mass is 9.92. The Balaban J connectivity index is 1.74. The molecule has 6 heteroatoms. The Bertz CT molecular complexity index is 793. The molecule has 2 aliphatic rings. The predicted octanol–water partition coefficient (Wildman–Crippen LogP) is 2.33. The van der Waals surface area contributed by atoms with Crippen LogP contribution in [0.5, 0.6) is 0 Å². The monoisotopic (exact) mass is 343 g/mol. The van der Waals surface area contributed by atoms with E-state index < -0.39 is 0 Å². The summed E-state index contributed by atoms with van der Waals surface area (Å²) in [6, 6.07) is 5.61. The second-order valence-corrected chi connectivity index (χ2v) is 7.18. The topological polar surface area (TPSA) is 65.4 Å². The number of piperidine rings is 1. The molecule has 2 aromatic rings. The summed E-state index contributed by atoms with van der Waals surface area (Å²) in [7, 11) is 3.12. The molecule has 0 bridgehead atoms. The minimum atomic E-state index is -0.316. The molecule has 1 aromatic carbocycles. The number of hydrogen-bond donors (Lipinski definition) is 1. The highest BCUT2D eigenvalue weighted by Gasteiger charge is 2.56. The Morgan fingerprint density at radius 1 is 1.36 bits per heavy atom. The number of fused-ring (bicyclic) bond motifs is 1. The van der Waals surface area contributed by atoms with Crippen LogP contribution in [-0.2, 0) is 16.0 Å². The van der Waals surface area contributed by atoms with Gasteiger partial charge >= 0.3 is 5.97 Å². The number of carbonyl (C=O) groups is 1. The zero-order chi connectivity index (χ0) is 17.4. The van der Waals surface area contributed by atoms with Crippen LogP contribution >= 0.6 is 0 Å². The van der Waals surface area contributed by atoms with Crippen LogP contribution in [-0.4, -0.2) is 49.4 Å². The predicted molar refractivity (Wildman–Crippen MR) is 94.8 cm³/mol. The number of rotatable bonds is 5. The molecule has 134 valence electrons. The number of nitrogens with one attached hydrogen (secondary N) is 1. The quantitative estimate of drug-likeness (QED) is 0.844. The molecule has 1 saturated heterocycles. The van der Waals surface area contributed by atoms with Gasteiger partial charge in [0.15, 0.2) is 0 Å². The molecule has 1 N–H and O–H groups in total. The van der Waals surface area contributed by atoms with Gasteiger partial charge < -0.3 is 19.4 Å². The molecule has 1 aliphatic heterocycles. The van der Waals surface area contributed by atoms with Crippen LogP contribution in [0, 0.1) is 5.41 Å². The van der Waals surface area contributed by atoms with E-state index in [-0.39, 0.29) is 5.97 Å². The maximum absolute atomic E-state index is 11.9. The lowest BCUT2D eigenvalue weighted by Crippen LogP contribution is -2.29. The number of ether oxygens (including phenoxy) is 2. The second-order valence-electron chi connectivity index (χ2n) is 7.18. The number of hydrogen-bond acceptors (Lipinski definition) is 5. The van der Waals surface area contributed by atoms with E-state index in [1.54, 1.807) is 13.2 Å². The fourth-order valence-electron chi connectivity index (χ4n) is 4.26. The second kappa shape index (κ2) is 6.42. The van der Waals surface area contributed by atoms with E-state index in [9.17, 15) is 4.79 Å². The van der Waals surface area contributed by atoms with Gasteiger partial charge in [-0.25, -0.2) is 9.78 Å². The highest BCUT2D eigenvalue weighted by Crippen LogP contribution is 2.64. The minimum Gasteiger partial charge on any atom is -0.465 e. The van der Waals surface area contributed by atoms with Crippen LogP contribution in [0.2, 0.25) is 0 Å². The molecule has 2 heterocycles. The van der Waals surface area contributed by atoms with Crippen LogP contribution < -0.4 is 5.32 Å². The number of carbonyl (C=O) groups excluding carboxylic acids is 1. The summed E-state index contributed by atoms with van der Waals surface area (Å²) in [5.41, 5.74) is 2.91. The fraction of sp³-hybridized carbons (Fsp3) is 0.579. The van der Waals surface area contributed by atoms with Crippen molar-refractivity contribution in [1.29, 1.82) is 0 Å². The maximum Gasteiger partial charge on any atom is 0.337 e. The summed E-state index contributed by atoms with van der Waals surface area (Å²) in [6.45, 7) is 3.57. The number of methoxy groups -OCH3 is 2. The van der Waals surface area contributed by atoms with Crippen LogP contribution in [0.25, 0.3) is 11.0 Å². The molecule has 1 spiro atoms. The molecule has 1 atom stereocenters. The first-order valence-electron chi connectivity index (χ1n) is 8.97. The molecule has 0 amide bonds. The normalized spacial score (nSPS) is 21.6. The Morgan fingerprint density at radius 2 is 2.16 bits per heavy atom. The molecule has 1 aliphatic carbocycles. The third-order valence-electron chi connectivity index (χ3n) is 5.82. The number of esters is 1. The van der Waals surface area contributed by atoms with Gasteiger partial charge in [-0.15, -0.1) is 0 Å². The summed E-state index contributed by atoms with van der Waals surface area (Å²) < 4.78 is 12.4. The summed E-state index contributed by atoms with van der Waals surface area (Å²) in [4.78, 5) is 16.8. The van der Waals surface area contributed by atoms with Gasteiger partial charge in [0.25, 0.3) is 0 Å². The van der Waals surface area contributed by atoms with Gasteiger partial charge in [-0.05, 0) is 56.0 Å². The number of imidazole rings is 1. The van der Waals surface area contributed by atoms with Crippen LogP contribution in [0.1, 0.15) is 41.4 Å². The van der Waals surface area contributed by atoms with Crippen molar-refractivity contribution in [3.63, 3.8) is 0 Å². The lowest BCUT2D eigenvalue weighted by Gasteiger charge is -2.23. The molecule has 4 rings (SSSR count). The lowest BCUT2D eigenvalue weighted by molar-refractivity contribution is 0.0601. The van der Waals surface area contributed by atoms with E-state index in [1.165, 1.54) is 26.4 Å². The van der Waals surface area contributed by atoms with Gasteiger partial charge in [0.2, 0.25) is 0 Å². The molecule has 25 heavy (non-hydrogen) atoms. The van der Waals surface area contributed by atoms with Gasteiger partial charge in [-0.2, -0.15) is 0 Å². The van der Waals surface area contributed by atoms with Crippen LogP contribution in [0.15, 0.2) is 18.2 Å². The van der Waals surface area contributed by atoms with E-state index in [2.05, 4.69) is 9.88 Å². The van der Waals surface area contributed by atoms with Gasteiger partial charge in [0.05, 0.1) is 30.3 Å². The molecule has 1 aromatic heterocycles. The zero-order valence-electron chi connectivity index (χ0n) is 14.9. The number of benzene rings is 1. The number of nitrogens with zero attached hydrogens (tertiary/aromatic N) is 2. The first-order chi connectivity index (χ1) is 12.2. The summed E-state index contributed by atoms with van der Waals surface area (Å²) in [6.07, 6.45) is 3.66. The van der Waals surface area contributed by atoms with Crippen LogP contribution in [0.4, 0.5) is 0 Å². The Kier molecular flexibility index (Phi) is 4.25. The van der Waals surface area contributed by atoms with Crippen molar-refractivity contribution in [1.82, 2.24) is 14.9 Å². The first kappa shape index (κ1) is 16.5. The highest BCUT2D eigenvalue weighted by molar-refractivity contribution is 5.93. The van der Waals surface area contributed by atoms with Crippen molar-refractivity contribution in [2.75, 3.05) is 33.9 Å². The van der Waals surface area contributed by atoms with Crippen molar-refractivity contribution in [2.24, 2.45) is 5.41 Å². The van der Waals surface area contributed by atoms with E-state index >= 15 is 0 Å². The minimum absolute atomic E-state index is 0.316. The van der Waals surface area contributed by atoms with Gasteiger partial charge in [0, 0.05) is 19.6 Å². The van der Waals surface area contributed by atoms with Crippen molar-refractivity contribution < 1.29 is 14.3 Å². The highest BCUT2D eigenvalue weighted by atomic mass is 16.5. The third kappa shape index (κ3) is 2.83. The molecule has 0 radical (unpaired) electrons. The van der Waals surface area contributed by atoms with Gasteiger partial charge in [0.1, 0.15) is 5.82 Å². The summed E-state index contributed by atoms with van der Waals surface area (Å²) in [5.74, 6) is 1.35. The smallest absolute Gasteiger partial charge is 0.337 e.